The summed E-state index contributed by atoms with van der Waals surface area (Å²) in [5.74, 6) is 0.504. The number of piperidine rings is 1. The first-order chi connectivity index (χ1) is 13.0. The van der Waals surface area contributed by atoms with Crippen LogP contribution in [0.1, 0.15) is 23.3 Å². The first-order valence-electron chi connectivity index (χ1n) is 8.37. The van der Waals surface area contributed by atoms with Crippen LogP contribution in [0.4, 0.5) is 0 Å². The smallest absolute Gasteiger partial charge is 0.273 e. The highest BCUT2D eigenvalue weighted by Crippen LogP contribution is 2.25. The largest absolute Gasteiger partial charge is 0.462 e. The number of likely N-dealkylation sites (tertiary alicyclic amines) is 1. The van der Waals surface area contributed by atoms with Crippen LogP contribution in [0.3, 0.4) is 0 Å². The van der Waals surface area contributed by atoms with Crippen molar-refractivity contribution in [2.45, 2.75) is 23.1 Å². The number of furan rings is 1. The van der Waals surface area contributed by atoms with Crippen molar-refractivity contribution in [2.75, 3.05) is 13.1 Å². The first kappa shape index (κ1) is 18.4. The summed E-state index contributed by atoms with van der Waals surface area (Å²) in [6, 6.07) is 6.71. The van der Waals surface area contributed by atoms with Crippen LogP contribution in [0.15, 0.2) is 49.9 Å². The molecule has 1 saturated heterocycles. The van der Waals surface area contributed by atoms with Crippen LogP contribution < -0.4 is 4.72 Å². The Balaban J connectivity index is 1.36. The van der Waals surface area contributed by atoms with Crippen molar-refractivity contribution >= 4 is 38.6 Å². The van der Waals surface area contributed by atoms with Gasteiger partial charge in [0, 0.05) is 24.5 Å². The van der Waals surface area contributed by atoms with Crippen LogP contribution in [-0.4, -0.2) is 43.3 Å². The number of nitrogens with zero attached hydrogens (tertiary/aromatic N) is 2. The molecule has 0 unspecified atom stereocenters. The summed E-state index contributed by atoms with van der Waals surface area (Å²) in [7, 11) is -3.48. The van der Waals surface area contributed by atoms with E-state index in [2.05, 4.69) is 9.71 Å². The molecule has 3 aromatic heterocycles. The minimum absolute atomic E-state index is 0.136. The van der Waals surface area contributed by atoms with Gasteiger partial charge in [0.25, 0.3) is 5.91 Å². The Labute approximate surface area is 164 Å². The molecule has 27 heavy (non-hydrogen) atoms. The number of carbonyl (C=O) groups is 1. The lowest BCUT2D eigenvalue weighted by Gasteiger charge is -2.31. The van der Waals surface area contributed by atoms with E-state index in [1.54, 1.807) is 46.2 Å². The lowest BCUT2D eigenvalue weighted by molar-refractivity contribution is 0.0706. The van der Waals surface area contributed by atoms with Crippen molar-refractivity contribution in [1.82, 2.24) is 14.6 Å². The van der Waals surface area contributed by atoms with Gasteiger partial charge in [-0.05, 0) is 36.4 Å². The number of thiazole rings is 1. The van der Waals surface area contributed by atoms with E-state index in [1.165, 1.54) is 22.7 Å². The molecule has 0 aromatic carbocycles. The molecule has 7 nitrogen and oxygen atoms in total. The third-order valence-corrected chi connectivity index (χ3v) is 8.09. The Morgan fingerprint density at radius 3 is 2.70 bits per heavy atom. The minimum Gasteiger partial charge on any atom is -0.462 e. The lowest BCUT2D eigenvalue weighted by Crippen LogP contribution is -2.46. The van der Waals surface area contributed by atoms with Crippen molar-refractivity contribution in [3.05, 3.63) is 47.0 Å². The SMILES string of the molecule is O=C(c1csc(-c2ccco2)n1)N1CCC(NS(=O)(=O)c2cccs2)CC1. The predicted octanol–water partition coefficient (Wildman–Crippen LogP) is 3.05. The van der Waals surface area contributed by atoms with Gasteiger partial charge in [-0.25, -0.2) is 18.1 Å². The molecule has 142 valence electrons. The second kappa shape index (κ2) is 7.55. The molecule has 4 rings (SSSR count). The summed E-state index contributed by atoms with van der Waals surface area (Å²) in [6.45, 7) is 0.980. The highest BCUT2D eigenvalue weighted by molar-refractivity contribution is 7.91. The molecule has 0 aliphatic carbocycles. The molecule has 0 saturated carbocycles. The highest BCUT2D eigenvalue weighted by atomic mass is 32.2. The minimum atomic E-state index is -3.48. The number of aromatic nitrogens is 1. The third kappa shape index (κ3) is 3.98. The Kier molecular flexibility index (Phi) is 5.13. The number of nitrogens with one attached hydrogen (secondary N) is 1. The van der Waals surface area contributed by atoms with Gasteiger partial charge in [-0.2, -0.15) is 0 Å². The average molecular weight is 424 g/mol. The summed E-state index contributed by atoms with van der Waals surface area (Å²) in [4.78, 5) is 18.7. The zero-order valence-electron chi connectivity index (χ0n) is 14.2. The quantitative estimate of drug-likeness (QED) is 0.681. The number of thiophene rings is 1. The van der Waals surface area contributed by atoms with E-state index in [4.69, 9.17) is 4.42 Å². The van der Waals surface area contributed by atoms with E-state index in [-0.39, 0.29) is 11.9 Å². The first-order valence-corrected chi connectivity index (χ1v) is 11.6. The van der Waals surface area contributed by atoms with Gasteiger partial charge in [-0.15, -0.1) is 22.7 Å². The fraction of sp³-hybridized carbons (Fsp3) is 0.294. The zero-order chi connectivity index (χ0) is 18.9. The Hall–Kier alpha value is -2.01. The van der Waals surface area contributed by atoms with Crippen LogP contribution in [0.5, 0.6) is 0 Å². The number of hydrogen-bond acceptors (Lipinski definition) is 7. The summed E-state index contributed by atoms with van der Waals surface area (Å²) >= 11 is 2.56. The number of carbonyl (C=O) groups excluding carboxylic acids is 1. The van der Waals surface area contributed by atoms with Gasteiger partial charge in [-0.1, -0.05) is 6.07 Å². The van der Waals surface area contributed by atoms with Gasteiger partial charge in [0.05, 0.1) is 6.26 Å². The standard InChI is InChI=1S/C17H17N3O4S3/c21-17(13-11-26-16(18-13)14-3-1-9-24-14)20-7-5-12(6-8-20)19-27(22,23)15-4-2-10-25-15/h1-4,9-12,19H,5-8H2. The molecule has 1 aliphatic rings. The fourth-order valence-electron chi connectivity index (χ4n) is 2.94. The van der Waals surface area contributed by atoms with E-state index >= 15 is 0 Å². The molecule has 1 fully saturated rings. The summed E-state index contributed by atoms with van der Waals surface area (Å²) in [5.41, 5.74) is 0.393. The summed E-state index contributed by atoms with van der Waals surface area (Å²) < 4.78 is 33.0. The summed E-state index contributed by atoms with van der Waals surface area (Å²) in [6.07, 6.45) is 2.72. The topological polar surface area (TPSA) is 92.5 Å². The van der Waals surface area contributed by atoms with Crippen LogP contribution in [0.25, 0.3) is 10.8 Å². The molecule has 4 heterocycles. The fourth-order valence-corrected chi connectivity index (χ4v) is 6.02. The number of rotatable bonds is 5. The van der Waals surface area contributed by atoms with Gasteiger partial charge < -0.3 is 9.32 Å². The monoisotopic (exact) mass is 423 g/mol. The van der Waals surface area contributed by atoms with Gasteiger partial charge in [0.2, 0.25) is 10.0 Å². The molecule has 3 aromatic rings. The van der Waals surface area contributed by atoms with Crippen LogP contribution in [0.2, 0.25) is 0 Å². The highest BCUT2D eigenvalue weighted by Gasteiger charge is 2.28. The second-order valence-electron chi connectivity index (χ2n) is 6.14. The molecule has 10 heteroatoms. The van der Waals surface area contributed by atoms with Crippen molar-refractivity contribution < 1.29 is 17.6 Å². The van der Waals surface area contributed by atoms with Crippen LogP contribution in [0, 0.1) is 0 Å². The zero-order valence-corrected chi connectivity index (χ0v) is 16.6. The van der Waals surface area contributed by atoms with Gasteiger partial charge >= 0.3 is 0 Å². The maximum atomic E-state index is 12.7. The molecule has 0 atom stereocenters. The number of sulfonamides is 1. The van der Waals surface area contributed by atoms with E-state index in [1.807, 2.05) is 0 Å². The number of amides is 1. The molecule has 1 N–H and O–H groups in total. The molecule has 0 spiro atoms. The normalized spacial score (nSPS) is 15.9. The molecule has 0 bridgehead atoms. The molecule has 1 aliphatic heterocycles. The van der Waals surface area contributed by atoms with E-state index < -0.39 is 10.0 Å². The van der Waals surface area contributed by atoms with Crippen LogP contribution >= 0.6 is 22.7 Å². The van der Waals surface area contributed by atoms with Crippen molar-refractivity contribution in [3.63, 3.8) is 0 Å². The Bertz CT molecular complexity index is 1000. The molecular formula is C17H17N3O4S3. The Morgan fingerprint density at radius 2 is 2.04 bits per heavy atom. The number of hydrogen-bond donors (Lipinski definition) is 1. The average Bonchev–Trinajstić information content (AvgIpc) is 3.43. The summed E-state index contributed by atoms with van der Waals surface area (Å²) in [5, 5.41) is 4.13. The van der Waals surface area contributed by atoms with Crippen molar-refractivity contribution in [3.8, 4) is 10.8 Å². The van der Waals surface area contributed by atoms with Crippen LogP contribution in [-0.2, 0) is 10.0 Å². The van der Waals surface area contributed by atoms with Gasteiger partial charge in [0.1, 0.15) is 9.90 Å². The predicted molar refractivity (Wildman–Crippen MR) is 103 cm³/mol. The molecule has 1 amide bonds. The Morgan fingerprint density at radius 1 is 1.22 bits per heavy atom. The van der Waals surface area contributed by atoms with Gasteiger partial charge in [0.15, 0.2) is 10.8 Å². The van der Waals surface area contributed by atoms with Crippen molar-refractivity contribution in [1.29, 1.82) is 0 Å². The molecular weight excluding hydrogens is 406 g/mol. The maximum absolute atomic E-state index is 12.7. The van der Waals surface area contributed by atoms with Crippen molar-refractivity contribution in [2.24, 2.45) is 0 Å². The molecule has 0 radical (unpaired) electrons. The van der Waals surface area contributed by atoms with E-state index in [0.29, 0.717) is 46.6 Å². The van der Waals surface area contributed by atoms with Gasteiger partial charge in [-0.3, -0.25) is 4.79 Å². The van der Waals surface area contributed by atoms with E-state index in [0.717, 1.165) is 0 Å². The second-order valence-corrected chi connectivity index (χ2v) is 9.88. The lowest BCUT2D eigenvalue weighted by atomic mass is 10.1. The van der Waals surface area contributed by atoms with E-state index in [9.17, 15) is 13.2 Å². The third-order valence-electron chi connectivity index (χ3n) is 4.32. The maximum Gasteiger partial charge on any atom is 0.273 e.